The Morgan fingerprint density at radius 1 is 1.07 bits per heavy atom. The van der Waals surface area contributed by atoms with Crippen LogP contribution in [0.15, 0.2) is 42.5 Å². The minimum atomic E-state index is -0.616. The van der Waals surface area contributed by atoms with E-state index in [1.807, 2.05) is 51.1 Å². The van der Waals surface area contributed by atoms with Crippen LogP contribution in [0.3, 0.4) is 0 Å². The molecule has 2 atom stereocenters. The van der Waals surface area contributed by atoms with Crippen molar-refractivity contribution < 1.29 is 9.59 Å². The van der Waals surface area contributed by atoms with Crippen molar-refractivity contribution in [3.8, 4) is 0 Å². The highest BCUT2D eigenvalue weighted by molar-refractivity contribution is 6.42. The number of aryl methyl sites for hydroxylation is 1. The summed E-state index contributed by atoms with van der Waals surface area (Å²) in [6.07, 6.45) is 1.05. The maximum Gasteiger partial charge on any atom is 0.242 e. The Kier molecular flexibility index (Phi) is 8.54. The molecule has 0 spiro atoms. The molecule has 6 heteroatoms. The van der Waals surface area contributed by atoms with Gasteiger partial charge in [0.05, 0.1) is 16.5 Å². The third kappa shape index (κ3) is 6.48. The van der Waals surface area contributed by atoms with E-state index in [1.54, 1.807) is 24.0 Å². The van der Waals surface area contributed by atoms with Gasteiger partial charge in [-0.05, 0) is 56.0 Å². The van der Waals surface area contributed by atoms with E-state index in [2.05, 4.69) is 5.32 Å². The Morgan fingerprint density at radius 2 is 1.76 bits per heavy atom. The Balaban J connectivity index is 2.28. The molecule has 156 valence electrons. The molecule has 29 heavy (non-hydrogen) atoms. The van der Waals surface area contributed by atoms with E-state index < -0.39 is 6.04 Å². The van der Waals surface area contributed by atoms with Crippen molar-refractivity contribution in [3.63, 3.8) is 0 Å². The average Bonchev–Trinajstić information content (AvgIpc) is 2.69. The largest absolute Gasteiger partial charge is 0.352 e. The molecule has 0 unspecified atom stereocenters. The lowest BCUT2D eigenvalue weighted by Crippen LogP contribution is -2.49. The molecule has 0 aliphatic heterocycles. The smallest absolute Gasteiger partial charge is 0.242 e. The predicted molar refractivity (Wildman–Crippen MR) is 119 cm³/mol. The SMILES string of the molecule is CC[C@@H](C)NC(=O)[C@H](C)N(Cc1ccc(Cl)c(Cl)c1)C(=O)Cc1ccccc1C. The van der Waals surface area contributed by atoms with Gasteiger partial charge in [0.2, 0.25) is 11.8 Å². The number of hydrogen-bond donors (Lipinski definition) is 1. The standard InChI is InChI=1S/C23H28Cl2N2O2/c1-5-16(3)26-23(29)17(4)27(14-18-10-11-20(24)21(25)12-18)22(28)13-19-9-7-6-8-15(19)2/h6-12,16-17H,5,13-14H2,1-4H3,(H,26,29)/t16-,17+/m1/s1. The van der Waals surface area contributed by atoms with E-state index in [1.165, 1.54) is 0 Å². The molecule has 2 rings (SSSR count). The highest BCUT2D eigenvalue weighted by atomic mass is 35.5. The molecule has 0 radical (unpaired) electrons. The lowest BCUT2D eigenvalue weighted by Gasteiger charge is -2.30. The van der Waals surface area contributed by atoms with Crippen molar-refractivity contribution in [2.45, 2.75) is 59.2 Å². The first-order valence-corrected chi connectivity index (χ1v) is 10.6. The molecule has 0 saturated carbocycles. The second kappa shape index (κ2) is 10.7. The molecular formula is C23H28Cl2N2O2. The number of carbonyl (C=O) groups is 2. The van der Waals surface area contributed by atoms with Crippen molar-refractivity contribution >= 4 is 35.0 Å². The summed E-state index contributed by atoms with van der Waals surface area (Å²) >= 11 is 12.2. The quantitative estimate of drug-likeness (QED) is 0.622. The second-order valence-corrected chi connectivity index (χ2v) is 8.18. The molecule has 0 aromatic heterocycles. The van der Waals surface area contributed by atoms with Crippen LogP contribution in [-0.4, -0.2) is 28.8 Å². The molecule has 0 aliphatic rings. The van der Waals surface area contributed by atoms with Crippen LogP contribution in [0.2, 0.25) is 10.0 Å². The van der Waals surface area contributed by atoms with Crippen molar-refractivity contribution in [3.05, 3.63) is 69.2 Å². The van der Waals surface area contributed by atoms with Crippen LogP contribution in [0, 0.1) is 6.92 Å². The monoisotopic (exact) mass is 434 g/mol. The minimum absolute atomic E-state index is 0.0447. The molecule has 0 heterocycles. The van der Waals surface area contributed by atoms with Crippen LogP contribution in [0.1, 0.15) is 43.9 Å². The molecule has 0 saturated heterocycles. The summed E-state index contributed by atoms with van der Waals surface area (Å²) in [6.45, 7) is 7.96. The van der Waals surface area contributed by atoms with Crippen LogP contribution in [0.4, 0.5) is 0 Å². The Morgan fingerprint density at radius 3 is 2.38 bits per heavy atom. The van der Waals surface area contributed by atoms with Crippen LogP contribution in [0.25, 0.3) is 0 Å². The first-order valence-electron chi connectivity index (χ1n) is 9.81. The van der Waals surface area contributed by atoms with Gasteiger partial charge in [0.25, 0.3) is 0 Å². The zero-order chi connectivity index (χ0) is 21.6. The van der Waals surface area contributed by atoms with Gasteiger partial charge in [-0.2, -0.15) is 0 Å². The van der Waals surface area contributed by atoms with Crippen LogP contribution in [-0.2, 0) is 22.6 Å². The number of nitrogens with one attached hydrogen (secondary N) is 1. The molecule has 2 amide bonds. The van der Waals surface area contributed by atoms with Gasteiger partial charge < -0.3 is 10.2 Å². The molecule has 0 fully saturated rings. The summed E-state index contributed by atoms with van der Waals surface area (Å²) in [5, 5.41) is 3.84. The topological polar surface area (TPSA) is 49.4 Å². The van der Waals surface area contributed by atoms with Gasteiger partial charge in [-0.25, -0.2) is 0 Å². The molecular weight excluding hydrogens is 407 g/mol. The van der Waals surface area contributed by atoms with E-state index >= 15 is 0 Å². The molecule has 1 N–H and O–H groups in total. The van der Waals surface area contributed by atoms with Crippen molar-refractivity contribution in [1.29, 1.82) is 0 Å². The van der Waals surface area contributed by atoms with Crippen molar-refractivity contribution in [2.75, 3.05) is 0 Å². The van der Waals surface area contributed by atoms with Gasteiger partial charge in [0, 0.05) is 12.6 Å². The number of rotatable bonds is 8. The van der Waals surface area contributed by atoms with Crippen molar-refractivity contribution in [1.82, 2.24) is 10.2 Å². The summed E-state index contributed by atoms with van der Waals surface area (Å²) in [6, 6.07) is 12.5. The third-order valence-electron chi connectivity index (χ3n) is 5.11. The van der Waals surface area contributed by atoms with E-state index in [-0.39, 0.29) is 30.8 Å². The predicted octanol–water partition coefficient (Wildman–Crippen LogP) is 5.18. The Hall–Kier alpha value is -2.04. The molecule has 0 bridgehead atoms. The van der Waals surface area contributed by atoms with Gasteiger partial charge in [0.15, 0.2) is 0 Å². The number of hydrogen-bond acceptors (Lipinski definition) is 2. The van der Waals surface area contributed by atoms with Gasteiger partial charge in [-0.3, -0.25) is 9.59 Å². The van der Waals surface area contributed by atoms with Crippen LogP contribution < -0.4 is 5.32 Å². The second-order valence-electron chi connectivity index (χ2n) is 7.37. The zero-order valence-electron chi connectivity index (χ0n) is 17.3. The summed E-state index contributed by atoms with van der Waals surface area (Å²) < 4.78 is 0. The van der Waals surface area contributed by atoms with E-state index in [4.69, 9.17) is 23.2 Å². The van der Waals surface area contributed by atoms with Crippen LogP contribution in [0.5, 0.6) is 0 Å². The Bertz CT molecular complexity index is 870. The number of nitrogens with zero attached hydrogens (tertiary/aromatic N) is 1. The van der Waals surface area contributed by atoms with Gasteiger partial charge in [-0.15, -0.1) is 0 Å². The summed E-state index contributed by atoms with van der Waals surface area (Å²) in [5.74, 6) is -0.283. The average molecular weight is 435 g/mol. The first kappa shape index (κ1) is 23.2. The van der Waals surface area contributed by atoms with Gasteiger partial charge >= 0.3 is 0 Å². The van der Waals surface area contributed by atoms with Gasteiger partial charge in [0.1, 0.15) is 6.04 Å². The highest BCUT2D eigenvalue weighted by Crippen LogP contribution is 2.24. The summed E-state index contributed by atoms with van der Waals surface area (Å²) in [4.78, 5) is 27.5. The van der Waals surface area contributed by atoms with E-state index in [0.717, 1.165) is 23.1 Å². The first-order chi connectivity index (χ1) is 13.7. The lowest BCUT2D eigenvalue weighted by atomic mass is 10.0. The van der Waals surface area contributed by atoms with Crippen molar-refractivity contribution in [2.24, 2.45) is 0 Å². The molecule has 2 aromatic carbocycles. The van der Waals surface area contributed by atoms with E-state index in [0.29, 0.717) is 10.0 Å². The number of halogens is 2. The fraction of sp³-hybridized carbons (Fsp3) is 0.391. The minimum Gasteiger partial charge on any atom is -0.352 e. The van der Waals surface area contributed by atoms with Gasteiger partial charge in [-0.1, -0.05) is 60.5 Å². The molecule has 0 aliphatic carbocycles. The number of benzene rings is 2. The normalized spacial score (nSPS) is 12.9. The van der Waals surface area contributed by atoms with Crippen LogP contribution >= 0.6 is 23.2 Å². The summed E-state index contributed by atoms with van der Waals surface area (Å²) in [5.41, 5.74) is 2.82. The lowest BCUT2D eigenvalue weighted by molar-refractivity contribution is -0.140. The molecule has 2 aromatic rings. The molecule has 4 nitrogen and oxygen atoms in total. The number of amides is 2. The third-order valence-corrected chi connectivity index (χ3v) is 5.85. The maximum atomic E-state index is 13.2. The fourth-order valence-electron chi connectivity index (χ4n) is 2.96. The van der Waals surface area contributed by atoms with E-state index in [9.17, 15) is 9.59 Å². The maximum absolute atomic E-state index is 13.2. The Labute approximate surface area is 183 Å². The highest BCUT2D eigenvalue weighted by Gasteiger charge is 2.27. The summed E-state index contributed by atoms with van der Waals surface area (Å²) in [7, 11) is 0. The zero-order valence-corrected chi connectivity index (χ0v) is 18.8. The fourth-order valence-corrected chi connectivity index (χ4v) is 3.28. The number of carbonyl (C=O) groups excluding carboxylic acids is 2.